The Morgan fingerprint density at radius 1 is 1.21 bits per heavy atom. The fraction of sp³-hybridized carbons (Fsp3) is 0.346. The first-order chi connectivity index (χ1) is 16.0. The number of fused-ring (bicyclic) bond motifs is 1. The highest BCUT2D eigenvalue weighted by Crippen LogP contribution is 2.38. The minimum atomic E-state index is -0.253. The molecular weight excluding hydrogens is 416 g/mol. The summed E-state index contributed by atoms with van der Waals surface area (Å²) in [5, 5.41) is 0. The summed E-state index contributed by atoms with van der Waals surface area (Å²) in [6.45, 7) is 5.02. The maximum Gasteiger partial charge on any atom is 0.255 e. The molecule has 170 valence electrons. The highest BCUT2D eigenvalue weighted by molar-refractivity contribution is 5.60. The van der Waals surface area contributed by atoms with Crippen LogP contribution in [0.1, 0.15) is 39.5 Å². The molecule has 0 bridgehead atoms. The smallest absolute Gasteiger partial charge is 0.255 e. The van der Waals surface area contributed by atoms with Crippen molar-refractivity contribution in [2.75, 3.05) is 4.90 Å². The monoisotopic (exact) mass is 444 g/mol. The van der Waals surface area contributed by atoms with E-state index < -0.39 is 0 Å². The van der Waals surface area contributed by atoms with Crippen molar-refractivity contribution in [1.29, 1.82) is 0 Å². The van der Waals surface area contributed by atoms with Crippen molar-refractivity contribution in [2.45, 2.75) is 57.7 Å². The first-order valence-electron chi connectivity index (χ1n) is 11.4. The van der Waals surface area contributed by atoms with Crippen LogP contribution >= 0.6 is 0 Å². The SMILES string of the molecule is CC1(C)CCn2c(nc(-c3ccncc3)cc2=O)N1C(CC1=CC=CCC1)C1=COC=CO1. The fourth-order valence-corrected chi connectivity index (χ4v) is 4.72. The van der Waals surface area contributed by atoms with Gasteiger partial charge in [0.25, 0.3) is 5.56 Å². The fourth-order valence-electron chi connectivity index (χ4n) is 4.72. The van der Waals surface area contributed by atoms with E-state index in [0.717, 1.165) is 31.2 Å². The molecule has 0 fully saturated rings. The van der Waals surface area contributed by atoms with E-state index in [1.165, 1.54) is 11.8 Å². The minimum absolute atomic E-state index is 0.0550. The number of nitrogens with zero attached hydrogens (tertiary/aromatic N) is 4. The highest BCUT2D eigenvalue weighted by atomic mass is 16.5. The van der Waals surface area contributed by atoms with E-state index in [2.05, 4.69) is 42.0 Å². The van der Waals surface area contributed by atoms with Crippen molar-refractivity contribution in [1.82, 2.24) is 14.5 Å². The Hall–Kier alpha value is -3.61. The lowest BCUT2D eigenvalue weighted by atomic mass is 9.89. The predicted octanol–water partition coefficient (Wildman–Crippen LogP) is 4.69. The van der Waals surface area contributed by atoms with Crippen molar-refractivity contribution in [3.05, 3.63) is 89.3 Å². The normalized spacial score (nSPS) is 19.6. The van der Waals surface area contributed by atoms with E-state index in [9.17, 15) is 4.79 Å². The quantitative estimate of drug-likeness (QED) is 0.667. The van der Waals surface area contributed by atoms with Gasteiger partial charge in [0.2, 0.25) is 5.95 Å². The standard InChI is InChI=1S/C26H28N4O3/c1-26(2)10-13-29-24(31)17-21(20-8-11-27-12-9-20)28-25(29)30(26)22(23-18-32-14-15-33-23)16-19-6-4-3-5-7-19/h3-4,6,8-9,11-12,14-15,17-18,22H,5,7,10,13,16H2,1-2H3. The van der Waals surface area contributed by atoms with Crippen LogP contribution in [0.5, 0.6) is 0 Å². The molecule has 2 aromatic rings. The Morgan fingerprint density at radius 3 is 2.79 bits per heavy atom. The third-order valence-corrected chi connectivity index (χ3v) is 6.50. The number of allylic oxidation sites excluding steroid dienone is 3. The molecule has 3 aliphatic rings. The van der Waals surface area contributed by atoms with Gasteiger partial charge < -0.3 is 14.4 Å². The van der Waals surface area contributed by atoms with E-state index in [0.29, 0.717) is 23.9 Å². The molecule has 1 atom stereocenters. The first-order valence-corrected chi connectivity index (χ1v) is 11.4. The zero-order chi connectivity index (χ0) is 22.8. The number of ether oxygens (including phenoxy) is 2. The van der Waals surface area contributed by atoms with Crippen LogP contribution in [0.15, 0.2) is 83.7 Å². The number of hydrogen-bond donors (Lipinski definition) is 0. The zero-order valence-corrected chi connectivity index (χ0v) is 19.0. The van der Waals surface area contributed by atoms with Crippen LogP contribution in [0, 0.1) is 0 Å². The lowest BCUT2D eigenvalue weighted by Crippen LogP contribution is -2.57. The molecule has 0 spiro atoms. The summed E-state index contributed by atoms with van der Waals surface area (Å²) in [5.41, 5.74) is 2.54. The van der Waals surface area contributed by atoms with Crippen molar-refractivity contribution in [3.8, 4) is 11.3 Å². The molecule has 5 rings (SSSR count). The molecule has 7 heteroatoms. The maximum atomic E-state index is 13.2. The Bertz CT molecular complexity index is 1210. The lowest BCUT2D eigenvalue weighted by Gasteiger charge is -2.48. The molecule has 0 N–H and O–H groups in total. The van der Waals surface area contributed by atoms with Crippen LogP contribution in [-0.2, 0) is 16.0 Å². The maximum absolute atomic E-state index is 13.2. The average Bonchev–Trinajstić information content (AvgIpc) is 2.84. The van der Waals surface area contributed by atoms with Gasteiger partial charge in [-0.15, -0.1) is 0 Å². The van der Waals surface area contributed by atoms with Crippen molar-refractivity contribution < 1.29 is 9.47 Å². The summed E-state index contributed by atoms with van der Waals surface area (Å²) < 4.78 is 13.2. The van der Waals surface area contributed by atoms with Gasteiger partial charge >= 0.3 is 0 Å². The largest absolute Gasteiger partial charge is 0.466 e. The summed E-state index contributed by atoms with van der Waals surface area (Å²) in [6, 6.07) is 5.19. The molecule has 2 aliphatic heterocycles. The van der Waals surface area contributed by atoms with E-state index in [4.69, 9.17) is 14.5 Å². The van der Waals surface area contributed by atoms with Crippen LogP contribution < -0.4 is 10.5 Å². The van der Waals surface area contributed by atoms with E-state index in [1.807, 2.05) is 12.1 Å². The topological polar surface area (TPSA) is 69.5 Å². The van der Waals surface area contributed by atoms with Crippen LogP contribution in [0.3, 0.4) is 0 Å². The van der Waals surface area contributed by atoms with Gasteiger partial charge in [0.15, 0.2) is 5.76 Å². The Kier molecular flexibility index (Phi) is 5.62. The second-order valence-electron chi connectivity index (χ2n) is 9.16. The number of aromatic nitrogens is 3. The van der Waals surface area contributed by atoms with Gasteiger partial charge in [-0.2, -0.15) is 0 Å². The molecule has 1 unspecified atom stereocenters. The van der Waals surface area contributed by atoms with Crippen molar-refractivity contribution in [3.63, 3.8) is 0 Å². The lowest BCUT2D eigenvalue weighted by molar-refractivity contribution is 0.215. The van der Waals surface area contributed by atoms with Crippen LogP contribution in [-0.4, -0.2) is 26.1 Å². The zero-order valence-electron chi connectivity index (χ0n) is 19.0. The predicted molar refractivity (Wildman–Crippen MR) is 127 cm³/mol. The number of rotatable bonds is 5. The molecule has 0 saturated carbocycles. The van der Waals surface area contributed by atoms with Crippen molar-refractivity contribution >= 4 is 5.95 Å². The molecule has 0 aromatic carbocycles. The van der Waals surface area contributed by atoms with Gasteiger partial charge in [0.05, 0.1) is 11.7 Å². The molecule has 2 aromatic heterocycles. The van der Waals surface area contributed by atoms with Crippen molar-refractivity contribution in [2.24, 2.45) is 0 Å². The van der Waals surface area contributed by atoms with Gasteiger partial charge in [-0.05, 0) is 51.7 Å². The van der Waals surface area contributed by atoms with Gasteiger partial charge in [0.1, 0.15) is 18.8 Å². The number of pyridine rings is 1. The summed E-state index contributed by atoms with van der Waals surface area (Å²) in [4.78, 5) is 24.5. The molecule has 33 heavy (non-hydrogen) atoms. The number of hydrogen-bond acceptors (Lipinski definition) is 6. The van der Waals surface area contributed by atoms with Gasteiger partial charge in [-0.3, -0.25) is 14.3 Å². The Labute approximate surface area is 193 Å². The van der Waals surface area contributed by atoms with E-state index >= 15 is 0 Å². The second kappa shape index (κ2) is 8.73. The highest BCUT2D eigenvalue weighted by Gasteiger charge is 2.42. The second-order valence-corrected chi connectivity index (χ2v) is 9.16. The van der Waals surface area contributed by atoms with Crippen LogP contribution in [0.4, 0.5) is 5.95 Å². The molecule has 0 radical (unpaired) electrons. The summed E-state index contributed by atoms with van der Waals surface area (Å²) >= 11 is 0. The Morgan fingerprint density at radius 2 is 2.06 bits per heavy atom. The molecule has 0 amide bonds. The molecular formula is C26H28N4O3. The van der Waals surface area contributed by atoms with Crippen LogP contribution in [0.25, 0.3) is 11.3 Å². The third-order valence-electron chi connectivity index (χ3n) is 6.50. The molecule has 7 nitrogen and oxygen atoms in total. The number of anilines is 1. The molecule has 1 aliphatic carbocycles. The molecule has 0 saturated heterocycles. The first kappa shape index (κ1) is 21.2. The van der Waals surface area contributed by atoms with E-state index in [1.54, 1.807) is 35.6 Å². The summed E-state index contributed by atoms with van der Waals surface area (Å²) in [6.07, 6.45) is 18.2. The Balaban J connectivity index is 1.65. The van der Waals surface area contributed by atoms with Gasteiger partial charge in [-0.25, -0.2) is 4.98 Å². The summed E-state index contributed by atoms with van der Waals surface area (Å²) in [7, 11) is 0. The minimum Gasteiger partial charge on any atom is -0.466 e. The summed E-state index contributed by atoms with van der Waals surface area (Å²) in [5.74, 6) is 1.36. The molecule has 4 heterocycles. The van der Waals surface area contributed by atoms with E-state index in [-0.39, 0.29) is 17.1 Å². The van der Waals surface area contributed by atoms with Gasteiger partial charge in [0, 0.05) is 36.1 Å². The van der Waals surface area contributed by atoms with Gasteiger partial charge in [-0.1, -0.05) is 23.8 Å². The van der Waals surface area contributed by atoms with Crippen LogP contribution in [0.2, 0.25) is 0 Å². The average molecular weight is 445 g/mol. The third kappa shape index (κ3) is 4.23.